The number of piperidine rings is 1. The van der Waals surface area contributed by atoms with Crippen LogP contribution in [0.15, 0.2) is 6.20 Å². The first-order valence-electron chi connectivity index (χ1n) is 9.70. The van der Waals surface area contributed by atoms with Crippen molar-refractivity contribution in [3.63, 3.8) is 0 Å². The molecule has 0 spiro atoms. The molecule has 0 aromatic carbocycles. The summed E-state index contributed by atoms with van der Waals surface area (Å²) in [5, 5.41) is 11.9. The summed E-state index contributed by atoms with van der Waals surface area (Å²) in [5.41, 5.74) is 0.551. The fourth-order valence-electron chi connectivity index (χ4n) is 5.80. The first-order chi connectivity index (χ1) is 11.8. The molecular weight excluding hydrogens is 338 g/mol. The second-order valence-corrected chi connectivity index (χ2v) is 8.45. The highest BCUT2D eigenvalue weighted by Crippen LogP contribution is 2.47. The van der Waals surface area contributed by atoms with E-state index in [0.29, 0.717) is 23.7 Å². The van der Waals surface area contributed by atoms with E-state index < -0.39 is 0 Å². The minimum absolute atomic E-state index is 0. The summed E-state index contributed by atoms with van der Waals surface area (Å²) in [6, 6.07) is 0.828. The van der Waals surface area contributed by atoms with Gasteiger partial charge in [0.05, 0.1) is 12.2 Å². The highest BCUT2D eigenvalue weighted by molar-refractivity contribution is 5.92. The lowest BCUT2D eigenvalue weighted by atomic mass is 9.68. The molecular formula is C18H28ClN5O. The number of hydrogen-bond acceptors (Lipinski definition) is 4. The normalized spacial score (nSPS) is 34.6. The Morgan fingerprint density at radius 3 is 2.40 bits per heavy atom. The van der Waals surface area contributed by atoms with Gasteiger partial charge in [-0.1, -0.05) is 5.21 Å². The van der Waals surface area contributed by atoms with E-state index in [0.717, 1.165) is 44.3 Å². The Kier molecular flexibility index (Phi) is 4.75. The predicted molar refractivity (Wildman–Crippen MR) is 96.8 cm³/mol. The van der Waals surface area contributed by atoms with Gasteiger partial charge in [-0.25, -0.2) is 4.68 Å². The summed E-state index contributed by atoms with van der Waals surface area (Å²) >= 11 is 0. The van der Waals surface area contributed by atoms with Crippen molar-refractivity contribution in [2.24, 2.45) is 17.8 Å². The van der Waals surface area contributed by atoms with E-state index in [1.807, 2.05) is 10.9 Å². The maximum atomic E-state index is 13.1. The molecule has 3 saturated heterocycles. The number of carbonyl (C=O) groups excluding carboxylic acids is 1. The van der Waals surface area contributed by atoms with Crippen LogP contribution in [0, 0.1) is 17.8 Å². The molecule has 4 heterocycles. The molecule has 0 radical (unpaired) electrons. The van der Waals surface area contributed by atoms with Crippen LogP contribution in [0.4, 0.5) is 0 Å². The molecule has 5 aliphatic rings. The van der Waals surface area contributed by atoms with Crippen LogP contribution >= 0.6 is 12.4 Å². The quantitative estimate of drug-likeness (QED) is 0.873. The summed E-state index contributed by atoms with van der Waals surface area (Å²) in [6.45, 7) is 2.98. The van der Waals surface area contributed by atoms with Crippen LogP contribution < -0.4 is 5.32 Å². The van der Waals surface area contributed by atoms with Crippen LogP contribution in [0.5, 0.6) is 0 Å². The number of hydrogen-bond donors (Lipinski definition) is 1. The molecule has 2 atom stereocenters. The Labute approximate surface area is 155 Å². The number of nitrogens with one attached hydrogen (secondary N) is 1. The minimum Gasteiger partial charge on any atom is -0.334 e. The molecule has 2 unspecified atom stereocenters. The highest BCUT2D eigenvalue weighted by Gasteiger charge is 2.44. The highest BCUT2D eigenvalue weighted by atomic mass is 35.5. The molecule has 1 amide bonds. The first kappa shape index (κ1) is 17.3. The molecule has 3 aliphatic heterocycles. The van der Waals surface area contributed by atoms with Gasteiger partial charge < -0.3 is 10.2 Å². The fraction of sp³-hybridized carbons (Fsp3) is 0.833. The van der Waals surface area contributed by atoms with Crippen molar-refractivity contribution in [1.82, 2.24) is 25.2 Å². The average Bonchev–Trinajstić information content (AvgIpc) is 3.01. The van der Waals surface area contributed by atoms with E-state index in [2.05, 4.69) is 20.5 Å². The molecule has 6 rings (SSSR count). The van der Waals surface area contributed by atoms with Gasteiger partial charge in [0.1, 0.15) is 0 Å². The number of aromatic nitrogens is 3. The number of nitrogens with zero attached hydrogens (tertiary/aromatic N) is 4. The molecule has 6 nitrogen and oxygen atoms in total. The zero-order valence-electron chi connectivity index (χ0n) is 14.6. The summed E-state index contributed by atoms with van der Waals surface area (Å²) < 4.78 is 1.93. The zero-order valence-corrected chi connectivity index (χ0v) is 15.5. The third kappa shape index (κ3) is 3.19. The molecule has 1 aromatic rings. The largest absolute Gasteiger partial charge is 0.334 e. The molecule has 5 fully saturated rings. The number of rotatable bonds is 2. The second kappa shape index (κ2) is 6.88. The molecule has 25 heavy (non-hydrogen) atoms. The second-order valence-electron chi connectivity index (χ2n) is 8.45. The predicted octanol–water partition coefficient (Wildman–Crippen LogP) is 2.28. The van der Waals surface area contributed by atoms with Crippen molar-refractivity contribution in [3.8, 4) is 0 Å². The van der Waals surface area contributed by atoms with Crippen LogP contribution in [0.3, 0.4) is 0 Å². The van der Waals surface area contributed by atoms with Gasteiger partial charge >= 0.3 is 0 Å². The van der Waals surface area contributed by atoms with Gasteiger partial charge in [-0.3, -0.25) is 4.79 Å². The smallest absolute Gasteiger partial charge is 0.276 e. The van der Waals surface area contributed by atoms with Gasteiger partial charge in [-0.2, -0.15) is 0 Å². The monoisotopic (exact) mass is 365 g/mol. The molecule has 4 bridgehead atoms. The zero-order chi connectivity index (χ0) is 16.1. The van der Waals surface area contributed by atoms with Crippen molar-refractivity contribution in [3.05, 3.63) is 11.9 Å². The van der Waals surface area contributed by atoms with E-state index in [-0.39, 0.29) is 18.3 Å². The van der Waals surface area contributed by atoms with E-state index in [1.54, 1.807) is 0 Å². The minimum atomic E-state index is 0. The van der Waals surface area contributed by atoms with Crippen LogP contribution in [0.25, 0.3) is 0 Å². The maximum Gasteiger partial charge on any atom is 0.276 e. The van der Waals surface area contributed by atoms with E-state index in [9.17, 15) is 4.79 Å². The maximum absolute atomic E-state index is 13.1. The topological polar surface area (TPSA) is 63.1 Å². The van der Waals surface area contributed by atoms with E-state index in [1.165, 1.54) is 32.1 Å². The van der Waals surface area contributed by atoms with Gasteiger partial charge in [0, 0.05) is 12.6 Å². The average molecular weight is 366 g/mol. The molecule has 7 heteroatoms. The lowest BCUT2D eigenvalue weighted by molar-refractivity contribution is 0.0626. The molecule has 1 aromatic heterocycles. The Hall–Kier alpha value is -1.14. The summed E-state index contributed by atoms with van der Waals surface area (Å²) in [5.74, 6) is 2.55. The number of fused-ring (bicyclic) bond motifs is 1. The van der Waals surface area contributed by atoms with Crippen LogP contribution in [-0.4, -0.2) is 51.5 Å². The molecule has 138 valence electrons. The Morgan fingerprint density at radius 2 is 1.68 bits per heavy atom. The Bertz CT molecular complexity index is 615. The summed E-state index contributed by atoms with van der Waals surface area (Å²) in [6.07, 6.45) is 10.5. The van der Waals surface area contributed by atoms with Crippen molar-refractivity contribution in [1.29, 1.82) is 0 Å². The lowest BCUT2D eigenvalue weighted by Crippen LogP contribution is -2.42. The number of halogens is 1. The van der Waals surface area contributed by atoms with Crippen LogP contribution in [0.2, 0.25) is 0 Å². The summed E-state index contributed by atoms with van der Waals surface area (Å²) in [7, 11) is 0. The van der Waals surface area contributed by atoms with E-state index >= 15 is 0 Å². The third-order valence-electron chi connectivity index (χ3n) is 6.78. The molecule has 2 saturated carbocycles. The van der Waals surface area contributed by atoms with Gasteiger partial charge in [0.25, 0.3) is 5.91 Å². The fourth-order valence-corrected chi connectivity index (χ4v) is 5.80. The van der Waals surface area contributed by atoms with Crippen molar-refractivity contribution in [2.45, 2.75) is 57.0 Å². The van der Waals surface area contributed by atoms with Crippen molar-refractivity contribution in [2.75, 3.05) is 19.6 Å². The molecule has 2 aliphatic carbocycles. The summed E-state index contributed by atoms with van der Waals surface area (Å²) in [4.78, 5) is 15.3. The first-order valence-corrected chi connectivity index (χ1v) is 9.70. The van der Waals surface area contributed by atoms with Crippen LogP contribution in [-0.2, 0) is 0 Å². The van der Waals surface area contributed by atoms with Gasteiger partial charge in [0.15, 0.2) is 5.69 Å². The molecule has 1 N–H and O–H groups in total. The van der Waals surface area contributed by atoms with Gasteiger partial charge in [-0.05, 0) is 75.8 Å². The van der Waals surface area contributed by atoms with Gasteiger partial charge in [0.2, 0.25) is 0 Å². The SMILES string of the molecule is Cl.O=C(c1cn(C2CCNCC2)nn1)N1CC2CC3CC(C2)CC1C3. The van der Waals surface area contributed by atoms with E-state index in [4.69, 9.17) is 0 Å². The lowest BCUT2D eigenvalue weighted by Gasteiger charge is -2.38. The van der Waals surface area contributed by atoms with Gasteiger partial charge in [-0.15, -0.1) is 17.5 Å². The van der Waals surface area contributed by atoms with Crippen LogP contribution in [0.1, 0.15) is 61.5 Å². The number of carbonyl (C=O) groups is 1. The number of amides is 1. The third-order valence-corrected chi connectivity index (χ3v) is 6.78. The Morgan fingerprint density at radius 1 is 1.00 bits per heavy atom. The standard InChI is InChI=1S/C18H27N5O.ClH/c24-18(17-11-23(21-20-17)15-1-3-19-4-2-15)22-10-14-6-12-5-13(7-14)9-16(22)8-12;/h11-16,19H,1-10H2;1H. The Balaban J connectivity index is 0.00000157. The van der Waals surface area contributed by atoms with Crippen molar-refractivity contribution < 1.29 is 4.79 Å². The van der Waals surface area contributed by atoms with Crippen molar-refractivity contribution >= 4 is 18.3 Å².